The Kier molecular flexibility index (Phi) is 6.10. The lowest BCUT2D eigenvalue weighted by molar-refractivity contribution is -0.130. The number of nitrogens with zero attached hydrogens (tertiary/aromatic N) is 2. The summed E-state index contributed by atoms with van der Waals surface area (Å²) in [6.07, 6.45) is 0.404. The molecule has 0 spiro atoms. The lowest BCUT2D eigenvalue weighted by atomic mass is 9.98. The van der Waals surface area contributed by atoms with Crippen molar-refractivity contribution in [3.8, 4) is 11.5 Å². The van der Waals surface area contributed by atoms with Crippen LogP contribution in [0.25, 0.3) is 0 Å². The van der Waals surface area contributed by atoms with Crippen molar-refractivity contribution in [1.29, 1.82) is 0 Å². The molecule has 2 amide bonds. The predicted octanol–water partition coefficient (Wildman–Crippen LogP) is 4.21. The maximum absolute atomic E-state index is 12.7. The molecule has 0 bridgehead atoms. The summed E-state index contributed by atoms with van der Waals surface area (Å²) < 4.78 is 0. The van der Waals surface area contributed by atoms with Gasteiger partial charge in [-0.2, -0.15) is 5.10 Å². The van der Waals surface area contributed by atoms with Crippen LogP contribution in [-0.4, -0.2) is 32.7 Å². The van der Waals surface area contributed by atoms with E-state index in [0.717, 1.165) is 11.1 Å². The number of hydrogen-bond acceptors (Lipinski definition) is 5. The molecule has 0 aromatic heterocycles. The fraction of sp³-hybridized carbons (Fsp3) is 0.348. The molecule has 0 aliphatic carbocycles. The predicted molar refractivity (Wildman–Crippen MR) is 116 cm³/mol. The lowest BCUT2D eigenvalue weighted by Gasteiger charge is -2.21. The summed E-state index contributed by atoms with van der Waals surface area (Å²) in [4.78, 5) is 24.7. The number of aryl methyl sites for hydroxylation is 1. The Labute approximate surface area is 176 Å². The zero-order chi connectivity index (χ0) is 22.0. The first kappa shape index (κ1) is 21.4. The van der Waals surface area contributed by atoms with Crippen molar-refractivity contribution >= 4 is 23.2 Å². The van der Waals surface area contributed by atoms with Crippen LogP contribution >= 0.6 is 0 Å². The fourth-order valence-corrected chi connectivity index (χ4v) is 3.67. The number of anilines is 1. The van der Waals surface area contributed by atoms with Crippen LogP contribution in [0.1, 0.15) is 62.3 Å². The molecule has 0 saturated heterocycles. The van der Waals surface area contributed by atoms with Gasteiger partial charge in [-0.05, 0) is 42.2 Å². The Balaban J connectivity index is 1.76. The van der Waals surface area contributed by atoms with Crippen LogP contribution in [0.5, 0.6) is 11.5 Å². The Morgan fingerprint density at radius 3 is 2.53 bits per heavy atom. The first-order valence-electron chi connectivity index (χ1n) is 9.94. The molecule has 1 aliphatic rings. The Morgan fingerprint density at radius 1 is 1.20 bits per heavy atom. The highest BCUT2D eigenvalue weighted by molar-refractivity contribution is 6.07. The van der Waals surface area contributed by atoms with Gasteiger partial charge in [-0.3, -0.25) is 9.59 Å². The van der Waals surface area contributed by atoms with E-state index in [2.05, 4.69) is 10.4 Å². The van der Waals surface area contributed by atoms with Crippen molar-refractivity contribution in [3.63, 3.8) is 0 Å². The molecule has 0 saturated carbocycles. The van der Waals surface area contributed by atoms with E-state index >= 15 is 0 Å². The average Bonchev–Trinajstić information content (AvgIpc) is 3.07. The third kappa shape index (κ3) is 4.45. The SMILES string of the molecule is CC(=O)N1N=C(CC(=O)Nc2cc(C(C)C)c(O)cc2C)CC1c1ccccc1O. The minimum absolute atomic E-state index is 0.0329. The standard InChI is InChI=1S/C23H27N3O4/c1-13(2)18-12-19(14(3)9-22(18)29)24-23(30)11-16-10-20(26(25-16)15(4)27)17-7-5-6-8-21(17)28/h5-9,12-13,20,28-29H,10-11H2,1-4H3,(H,24,30). The highest BCUT2D eigenvalue weighted by atomic mass is 16.3. The minimum Gasteiger partial charge on any atom is -0.508 e. The molecule has 1 aliphatic heterocycles. The molecule has 30 heavy (non-hydrogen) atoms. The van der Waals surface area contributed by atoms with Crippen molar-refractivity contribution in [2.75, 3.05) is 5.32 Å². The van der Waals surface area contributed by atoms with Gasteiger partial charge in [-0.1, -0.05) is 32.0 Å². The number of hydrogen-bond donors (Lipinski definition) is 3. The molecule has 0 radical (unpaired) electrons. The number of phenolic OH excluding ortho intramolecular Hbond substituents is 2. The van der Waals surface area contributed by atoms with Crippen molar-refractivity contribution in [2.45, 2.75) is 52.5 Å². The Morgan fingerprint density at radius 2 is 1.90 bits per heavy atom. The maximum atomic E-state index is 12.7. The molecule has 2 aromatic rings. The molecule has 1 unspecified atom stereocenters. The number of carbonyl (C=O) groups is 2. The summed E-state index contributed by atoms with van der Waals surface area (Å²) in [5.41, 5.74) is 3.33. The van der Waals surface area contributed by atoms with E-state index in [1.807, 2.05) is 20.8 Å². The third-order valence-corrected chi connectivity index (χ3v) is 5.23. The van der Waals surface area contributed by atoms with Gasteiger partial charge < -0.3 is 15.5 Å². The number of nitrogens with one attached hydrogen (secondary N) is 1. The normalized spacial score (nSPS) is 16.0. The van der Waals surface area contributed by atoms with Crippen LogP contribution in [0, 0.1) is 6.92 Å². The number of hydrazone groups is 1. The quantitative estimate of drug-likeness (QED) is 0.644. The van der Waals surface area contributed by atoms with E-state index in [1.165, 1.54) is 11.9 Å². The van der Waals surface area contributed by atoms with Crippen molar-refractivity contribution < 1.29 is 19.8 Å². The van der Waals surface area contributed by atoms with E-state index in [4.69, 9.17) is 0 Å². The third-order valence-electron chi connectivity index (χ3n) is 5.23. The van der Waals surface area contributed by atoms with Gasteiger partial charge in [0.2, 0.25) is 11.8 Å². The summed E-state index contributed by atoms with van der Waals surface area (Å²) in [6, 6.07) is 9.82. The molecular weight excluding hydrogens is 382 g/mol. The van der Waals surface area contributed by atoms with Crippen molar-refractivity contribution in [3.05, 3.63) is 53.1 Å². The van der Waals surface area contributed by atoms with Gasteiger partial charge >= 0.3 is 0 Å². The molecule has 7 heteroatoms. The summed E-state index contributed by atoms with van der Waals surface area (Å²) in [5, 5.41) is 28.8. The Bertz CT molecular complexity index is 1010. The lowest BCUT2D eigenvalue weighted by Crippen LogP contribution is -2.24. The maximum Gasteiger partial charge on any atom is 0.240 e. The molecular formula is C23H27N3O4. The van der Waals surface area contributed by atoms with Gasteiger partial charge in [-0.25, -0.2) is 5.01 Å². The molecule has 0 fully saturated rings. The molecule has 1 atom stereocenters. The second-order valence-electron chi connectivity index (χ2n) is 7.91. The molecule has 158 valence electrons. The summed E-state index contributed by atoms with van der Waals surface area (Å²) in [7, 11) is 0. The van der Waals surface area contributed by atoms with Crippen molar-refractivity contribution in [1.82, 2.24) is 5.01 Å². The fourth-order valence-electron chi connectivity index (χ4n) is 3.67. The largest absolute Gasteiger partial charge is 0.508 e. The van der Waals surface area contributed by atoms with Crippen LogP contribution in [-0.2, 0) is 9.59 Å². The zero-order valence-corrected chi connectivity index (χ0v) is 17.6. The van der Waals surface area contributed by atoms with Crippen LogP contribution in [0.4, 0.5) is 5.69 Å². The van der Waals surface area contributed by atoms with Gasteiger partial charge in [0, 0.05) is 24.6 Å². The van der Waals surface area contributed by atoms with Gasteiger partial charge in [0.1, 0.15) is 11.5 Å². The first-order valence-corrected chi connectivity index (χ1v) is 9.94. The number of aromatic hydroxyl groups is 2. The monoisotopic (exact) mass is 409 g/mol. The number of amides is 2. The van der Waals surface area contributed by atoms with Crippen LogP contribution in [0.3, 0.4) is 0 Å². The second kappa shape index (κ2) is 8.57. The first-order chi connectivity index (χ1) is 14.2. The molecule has 3 rings (SSSR count). The summed E-state index contributed by atoms with van der Waals surface area (Å²) >= 11 is 0. The highest BCUT2D eigenvalue weighted by Crippen LogP contribution is 2.36. The van der Waals surface area contributed by atoms with Gasteiger partial charge in [0.15, 0.2) is 0 Å². The average molecular weight is 409 g/mol. The molecule has 1 heterocycles. The van der Waals surface area contributed by atoms with Crippen LogP contribution in [0.15, 0.2) is 41.5 Å². The van der Waals surface area contributed by atoms with E-state index in [-0.39, 0.29) is 35.7 Å². The number of rotatable bonds is 5. The van der Waals surface area contributed by atoms with Gasteiger partial charge in [-0.15, -0.1) is 0 Å². The molecule has 7 nitrogen and oxygen atoms in total. The van der Waals surface area contributed by atoms with E-state index < -0.39 is 6.04 Å². The smallest absolute Gasteiger partial charge is 0.240 e. The number of benzene rings is 2. The van der Waals surface area contributed by atoms with Crippen LogP contribution < -0.4 is 5.32 Å². The summed E-state index contributed by atoms with van der Waals surface area (Å²) in [6.45, 7) is 7.17. The van der Waals surface area contributed by atoms with E-state index in [1.54, 1.807) is 36.4 Å². The topological polar surface area (TPSA) is 102 Å². The van der Waals surface area contributed by atoms with Crippen LogP contribution in [0.2, 0.25) is 0 Å². The minimum atomic E-state index is -0.436. The van der Waals surface area contributed by atoms with E-state index in [9.17, 15) is 19.8 Å². The van der Waals surface area contributed by atoms with Crippen molar-refractivity contribution in [2.24, 2.45) is 5.10 Å². The Hall–Kier alpha value is -3.35. The van der Waals surface area contributed by atoms with Gasteiger partial charge in [0.25, 0.3) is 0 Å². The number of para-hydroxylation sites is 1. The zero-order valence-electron chi connectivity index (χ0n) is 17.6. The second-order valence-corrected chi connectivity index (χ2v) is 7.91. The van der Waals surface area contributed by atoms with Gasteiger partial charge in [0.05, 0.1) is 18.2 Å². The molecule has 2 aromatic carbocycles. The summed E-state index contributed by atoms with van der Waals surface area (Å²) in [5.74, 6) is -0.0870. The van der Waals surface area contributed by atoms with E-state index in [0.29, 0.717) is 23.4 Å². The number of phenols is 2. The highest BCUT2D eigenvalue weighted by Gasteiger charge is 2.33. The number of carbonyl (C=O) groups excluding carboxylic acids is 2. The molecule has 3 N–H and O–H groups in total.